The molecule has 0 saturated carbocycles. The second-order valence-corrected chi connectivity index (χ2v) is 5.59. The van der Waals surface area contributed by atoms with Gasteiger partial charge in [0.25, 0.3) is 5.78 Å². The van der Waals surface area contributed by atoms with E-state index in [-0.39, 0.29) is 5.41 Å². The second kappa shape index (κ2) is 3.69. The van der Waals surface area contributed by atoms with Gasteiger partial charge in [0, 0.05) is 5.56 Å². The molecule has 0 atom stereocenters. The number of ketones is 1. The molecule has 0 unspecified atom stereocenters. The number of rotatable bonds is 2. The van der Waals surface area contributed by atoms with Crippen LogP contribution in [0.3, 0.4) is 0 Å². The van der Waals surface area contributed by atoms with E-state index in [1.54, 1.807) is 13.0 Å². The van der Waals surface area contributed by atoms with Crippen LogP contribution in [0.5, 0.6) is 0 Å². The van der Waals surface area contributed by atoms with E-state index in [4.69, 9.17) is 5.11 Å². The van der Waals surface area contributed by atoms with Gasteiger partial charge in [-0.3, -0.25) is 4.79 Å². The van der Waals surface area contributed by atoms with Gasteiger partial charge in [-0.25, -0.2) is 4.79 Å². The smallest absolute Gasteiger partial charge is 0.377 e. The van der Waals surface area contributed by atoms with Crippen molar-refractivity contribution >= 4 is 11.8 Å². The number of fused-ring (bicyclic) bond motifs is 1. The second-order valence-electron chi connectivity index (χ2n) is 5.59. The maximum Gasteiger partial charge on any atom is 0.377 e. The van der Waals surface area contributed by atoms with Gasteiger partial charge in [-0.1, -0.05) is 19.9 Å². The number of hydrogen-bond donors (Lipinski definition) is 1. The number of aryl methyl sites for hydroxylation is 1. The molecule has 0 radical (unpaired) electrons. The molecule has 3 nitrogen and oxygen atoms in total. The van der Waals surface area contributed by atoms with E-state index in [1.807, 2.05) is 6.07 Å². The van der Waals surface area contributed by atoms with Crippen LogP contribution in [0.1, 0.15) is 40.9 Å². The summed E-state index contributed by atoms with van der Waals surface area (Å²) >= 11 is 0. The van der Waals surface area contributed by atoms with Crippen LogP contribution in [0.4, 0.5) is 0 Å². The fraction of sp³-hybridized carbons (Fsp3) is 0.429. The van der Waals surface area contributed by atoms with Crippen molar-refractivity contribution in [1.29, 1.82) is 0 Å². The monoisotopic (exact) mass is 232 g/mol. The van der Waals surface area contributed by atoms with Gasteiger partial charge in [0.1, 0.15) is 0 Å². The summed E-state index contributed by atoms with van der Waals surface area (Å²) in [6, 6.07) is 3.72. The average Bonchev–Trinajstić information content (AvgIpc) is 2.48. The SMILES string of the molecule is Cc1cc2c(cc1C(=O)C(=O)O)CC(C)(C)C2. The zero-order valence-corrected chi connectivity index (χ0v) is 10.3. The molecule has 1 aliphatic carbocycles. The highest BCUT2D eigenvalue weighted by atomic mass is 16.4. The Kier molecular flexibility index (Phi) is 2.57. The van der Waals surface area contributed by atoms with E-state index >= 15 is 0 Å². The average molecular weight is 232 g/mol. The van der Waals surface area contributed by atoms with Crippen LogP contribution in [-0.4, -0.2) is 16.9 Å². The van der Waals surface area contributed by atoms with Gasteiger partial charge in [0.05, 0.1) is 0 Å². The van der Waals surface area contributed by atoms with E-state index < -0.39 is 11.8 Å². The van der Waals surface area contributed by atoms with Crippen LogP contribution in [0, 0.1) is 12.3 Å². The summed E-state index contributed by atoms with van der Waals surface area (Å²) in [6.45, 7) is 6.16. The molecular weight excluding hydrogens is 216 g/mol. The summed E-state index contributed by atoms with van der Waals surface area (Å²) in [5, 5.41) is 8.76. The standard InChI is InChI=1S/C14H16O3/c1-8-4-9-6-14(2,3)7-10(9)5-11(8)12(15)13(16)17/h4-5H,6-7H2,1-3H3,(H,16,17). The maximum atomic E-state index is 11.5. The number of aliphatic carboxylic acids is 1. The third kappa shape index (κ3) is 2.09. The molecule has 0 aliphatic heterocycles. The number of carboxylic acid groups (broad SMARTS) is 1. The quantitative estimate of drug-likeness (QED) is 0.629. The van der Waals surface area contributed by atoms with Crippen LogP contribution < -0.4 is 0 Å². The third-order valence-electron chi connectivity index (χ3n) is 3.32. The van der Waals surface area contributed by atoms with Gasteiger partial charge >= 0.3 is 5.97 Å². The molecule has 1 aromatic rings. The predicted octanol–water partition coefficient (Wildman–Crippen LogP) is 2.39. The van der Waals surface area contributed by atoms with Gasteiger partial charge in [0.15, 0.2) is 0 Å². The van der Waals surface area contributed by atoms with Crippen molar-refractivity contribution in [3.05, 3.63) is 34.4 Å². The van der Waals surface area contributed by atoms with Crippen molar-refractivity contribution in [2.75, 3.05) is 0 Å². The minimum absolute atomic E-state index is 0.208. The fourth-order valence-electron chi connectivity index (χ4n) is 2.60. The number of benzene rings is 1. The Bertz CT molecular complexity index is 512. The van der Waals surface area contributed by atoms with Gasteiger partial charge in [-0.15, -0.1) is 0 Å². The molecule has 2 rings (SSSR count). The van der Waals surface area contributed by atoms with E-state index in [1.165, 1.54) is 5.56 Å². The highest BCUT2D eigenvalue weighted by molar-refractivity contribution is 6.40. The number of hydrogen-bond acceptors (Lipinski definition) is 2. The Morgan fingerprint density at radius 2 is 1.71 bits per heavy atom. The largest absolute Gasteiger partial charge is 0.475 e. The predicted molar refractivity (Wildman–Crippen MR) is 64.3 cm³/mol. The highest BCUT2D eigenvalue weighted by Crippen LogP contribution is 2.37. The summed E-state index contributed by atoms with van der Waals surface area (Å²) in [4.78, 5) is 22.3. The summed E-state index contributed by atoms with van der Waals surface area (Å²) in [5.74, 6) is -2.19. The van der Waals surface area contributed by atoms with Gasteiger partial charge in [-0.05, 0) is 47.9 Å². The number of carboxylic acids is 1. The van der Waals surface area contributed by atoms with E-state index in [2.05, 4.69) is 13.8 Å². The molecular formula is C14H16O3. The van der Waals surface area contributed by atoms with Gasteiger partial charge in [-0.2, -0.15) is 0 Å². The molecule has 1 aromatic carbocycles. The Morgan fingerprint density at radius 3 is 2.24 bits per heavy atom. The molecule has 0 heterocycles. The lowest BCUT2D eigenvalue weighted by molar-refractivity contribution is -0.131. The molecule has 1 aliphatic rings. The first-order valence-corrected chi connectivity index (χ1v) is 5.70. The van der Waals surface area contributed by atoms with E-state index in [0.29, 0.717) is 5.56 Å². The Balaban J connectivity index is 2.47. The third-order valence-corrected chi connectivity index (χ3v) is 3.32. The maximum absolute atomic E-state index is 11.5. The van der Waals surface area contributed by atoms with Gasteiger partial charge in [0.2, 0.25) is 0 Å². The van der Waals surface area contributed by atoms with Crippen molar-refractivity contribution in [3.63, 3.8) is 0 Å². The van der Waals surface area contributed by atoms with Crippen molar-refractivity contribution < 1.29 is 14.7 Å². The Hall–Kier alpha value is -1.64. The van der Waals surface area contributed by atoms with Crippen LogP contribution in [0.25, 0.3) is 0 Å². The zero-order chi connectivity index (χ0) is 12.8. The first kappa shape index (κ1) is 11.8. The molecule has 0 aromatic heterocycles. The fourth-order valence-corrected chi connectivity index (χ4v) is 2.60. The van der Waals surface area contributed by atoms with E-state index in [9.17, 15) is 9.59 Å². The molecule has 0 saturated heterocycles. The summed E-state index contributed by atoms with van der Waals surface area (Å²) in [6.07, 6.45) is 1.90. The molecule has 90 valence electrons. The van der Waals surface area contributed by atoms with Crippen molar-refractivity contribution in [2.45, 2.75) is 33.6 Å². The molecule has 0 spiro atoms. The lowest BCUT2D eigenvalue weighted by atomic mass is 9.90. The van der Waals surface area contributed by atoms with Crippen LogP contribution >= 0.6 is 0 Å². The minimum atomic E-state index is -1.38. The number of Topliss-reactive ketones (excluding diaryl/α,β-unsaturated/α-hetero) is 1. The summed E-state index contributed by atoms with van der Waals surface area (Å²) in [5.41, 5.74) is 3.65. The molecule has 17 heavy (non-hydrogen) atoms. The molecule has 0 fully saturated rings. The normalized spacial score (nSPS) is 16.6. The van der Waals surface area contributed by atoms with Crippen LogP contribution in [0.15, 0.2) is 12.1 Å². The molecule has 1 N–H and O–H groups in total. The van der Waals surface area contributed by atoms with Crippen molar-refractivity contribution in [3.8, 4) is 0 Å². The van der Waals surface area contributed by atoms with Crippen molar-refractivity contribution in [1.82, 2.24) is 0 Å². The lowest BCUT2D eigenvalue weighted by Gasteiger charge is -2.14. The summed E-state index contributed by atoms with van der Waals surface area (Å²) < 4.78 is 0. The first-order valence-electron chi connectivity index (χ1n) is 5.70. The summed E-state index contributed by atoms with van der Waals surface area (Å²) in [7, 11) is 0. The lowest BCUT2D eigenvalue weighted by Crippen LogP contribution is -2.14. The Morgan fingerprint density at radius 1 is 1.18 bits per heavy atom. The topological polar surface area (TPSA) is 54.4 Å². The van der Waals surface area contributed by atoms with Crippen LogP contribution in [0.2, 0.25) is 0 Å². The van der Waals surface area contributed by atoms with Crippen LogP contribution in [-0.2, 0) is 17.6 Å². The highest BCUT2D eigenvalue weighted by Gasteiger charge is 2.30. The minimum Gasteiger partial charge on any atom is -0.475 e. The van der Waals surface area contributed by atoms with Crippen molar-refractivity contribution in [2.24, 2.45) is 5.41 Å². The number of carbonyl (C=O) groups is 2. The Labute approximate surface area is 100 Å². The van der Waals surface area contributed by atoms with E-state index in [0.717, 1.165) is 24.0 Å². The molecule has 3 heteroatoms. The molecule has 0 amide bonds. The first-order chi connectivity index (χ1) is 7.80. The molecule has 0 bridgehead atoms. The zero-order valence-electron chi connectivity index (χ0n) is 10.3. The number of carbonyl (C=O) groups excluding carboxylic acids is 1. The van der Waals surface area contributed by atoms with Gasteiger partial charge < -0.3 is 5.11 Å².